The summed E-state index contributed by atoms with van der Waals surface area (Å²) in [6.07, 6.45) is 2.96. The highest BCUT2D eigenvalue weighted by Gasteiger charge is 2.28. The number of aromatic amines is 1. The fourth-order valence-corrected chi connectivity index (χ4v) is 4.23. The lowest BCUT2D eigenvalue weighted by Crippen LogP contribution is -2.41. The maximum absolute atomic E-state index is 11.8. The first-order valence-corrected chi connectivity index (χ1v) is 9.14. The number of anilines is 1. The molecule has 0 saturated carbocycles. The van der Waals surface area contributed by atoms with Crippen LogP contribution in [-0.2, 0) is 0 Å². The number of aryl methyl sites for hydroxylation is 1. The molecule has 0 radical (unpaired) electrons. The van der Waals surface area contributed by atoms with Crippen LogP contribution >= 0.6 is 11.3 Å². The number of rotatable bonds is 2. The number of likely N-dealkylation sites (tertiary alicyclic amines) is 1. The minimum atomic E-state index is -0.374. The number of urea groups is 1. The third-order valence-electron chi connectivity index (χ3n) is 4.72. The summed E-state index contributed by atoms with van der Waals surface area (Å²) < 4.78 is 0. The number of amides is 2. The molecule has 7 nitrogen and oxygen atoms in total. The van der Waals surface area contributed by atoms with Gasteiger partial charge in [-0.05, 0) is 32.3 Å². The number of benzene rings is 1. The number of H-pyrrole nitrogens is 1. The SMILES string of the molecule is Cc1nc(-c2nc3c(C4CCCCN4C(N)=O)cccc3[nH]2)sc1N. The number of imidazole rings is 1. The molecule has 2 amide bonds. The predicted molar refractivity (Wildman–Crippen MR) is 99.2 cm³/mol. The number of thiazole rings is 1. The van der Waals surface area contributed by atoms with E-state index < -0.39 is 0 Å². The van der Waals surface area contributed by atoms with Crippen molar-refractivity contribution < 1.29 is 4.79 Å². The van der Waals surface area contributed by atoms with Crippen LogP contribution in [0.2, 0.25) is 0 Å². The molecule has 1 unspecified atom stereocenters. The molecule has 0 aliphatic carbocycles. The van der Waals surface area contributed by atoms with Crippen LogP contribution in [0.1, 0.15) is 36.6 Å². The molecule has 3 heterocycles. The molecule has 1 atom stereocenters. The Hall–Kier alpha value is -2.61. The second-order valence-corrected chi connectivity index (χ2v) is 7.37. The summed E-state index contributed by atoms with van der Waals surface area (Å²) in [5, 5.41) is 1.47. The number of nitrogen functional groups attached to an aromatic ring is 1. The van der Waals surface area contributed by atoms with Gasteiger partial charge in [0.05, 0.1) is 22.8 Å². The second-order valence-electron chi connectivity index (χ2n) is 6.34. The van der Waals surface area contributed by atoms with Gasteiger partial charge in [0, 0.05) is 12.1 Å². The van der Waals surface area contributed by atoms with E-state index in [0.29, 0.717) is 17.4 Å². The van der Waals surface area contributed by atoms with Crippen molar-refractivity contribution in [2.24, 2.45) is 5.73 Å². The molecule has 1 aliphatic rings. The van der Waals surface area contributed by atoms with Crippen molar-refractivity contribution in [2.45, 2.75) is 32.2 Å². The van der Waals surface area contributed by atoms with Gasteiger partial charge in [0.2, 0.25) is 0 Å². The summed E-state index contributed by atoms with van der Waals surface area (Å²) in [5.41, 5.74) is 15.1. The third kappa shape index (κ3) is 2.72. The first-order chi connectivity index (χ1) is 12.0. The molecule has 1 aliphatic heterocycles. The van der Waals surface area contributed by atoms with Crippen LogP contribution in [0.3, 0.4) is 0 Å². The largest absolute Gasteiger partial charge is 0.389 e. The molecule has 4 rings (SSSR count). The lowest BCUT2D eigenvalue weighted by molar-refractivity contribution is 0.160. The average Bonchev–Trinajstić information content (AvgIpc) is 3.18. The Balaban J connectivity index is 1.81. The minimum absolute atomic E-state index is 0.0331. The molecule has 0 bridgehead atoms. The zero-order valence-corrected chi connectivity index (χ0v) is 14.8. The number of hydrogen-bond donors (Lipinski definition) is 3. The smallest absolute Gasteiger partial charge is 0.315 e. The molecule has 5 N–H and O–H groups in total. The Morgan fingerprint density at radius 1 is 1.36 bits per heavy atom. The van der Waals surface area contributed by atoms with E-state index in [1.807, 2.05) is 25.1 Å². The van der Waals surface area contributed by atoms with Crippen molar-refractivity contribution in [1.29, 1.82) is 0 Å². The Bertz CT molecular complexity index is 926. The lowest BCUT2D eigenvalue weighted by Gasteiger charge is -2.34. The molecule has 2 aromatic heterocycles. The van der Waals surface area contributed by atoms with Gasteiger partial charge in [-0.15, -0.1) is 0 Å². The van der Waals surface area contributed by atoms with Crippen molar-refractivity contribution in [2.75, 3.05) is 12.3 Å². The number of fused-ring (bicyclic) bond motifs is 1. The van der Waals surface area contributed by atoms with E-state index in [4.69, 9.17) is 16.5 Å². The number of para-hydroxylation sites is 1. The van der Waals surface area contributed by atoms with Gasteiger partial charge in [-0.3, -0.25) is 0 Å². The maximum atomic E-state index is 11.8. The van der Waals surface area contributed by atoms with Crippen molar-refractivity contribution in [3.8, 4) is 10.8 Å². The summed E-state index contributed by atoms with van der Waals surface area (Å²) >= 11 is 1.42. The van der Waals surface area contributed by atoms with E-state index >= 15 is 0 Å². The van der Waals surface area contributed by atoms with Gasteiger partial charge in [-0.1, -0.05) is 23.5 Å². The molecular weight excluding hydrogens is 336 g/mol. The van der Waals surface area contributed by atoms with Gasteiger partial charge < -0.3 is 21.4 Å². The third-order valence-corrected chi connectivity index (χ3v) is 5.72. The number of carbonyl (C=O) groups is 1. The first-order valence-electron chi connectivity index (χ1n) is 8.32. The van der Waals surface area contributed by atoms with Crippen LogP contribution < -0.4 is 11.5 Å². The highest BCUT2D eigenvalue weighted by molar-refractivity contribution is 7.18. The lowest BCUT2D eigenvalue weighted by atomic mass is 9.94. The van der Waals surface area contributed by atoms with Gasteiger partial charge in [-0.2, -0.15) is 0 Å². The fraction of sp³-hybridized carbons (Fsp3) is 0.353. The number of nitrogens with two attached hydrogens (primary N) is 2. The number of piperidine rings is 1. The Morgan fingerprint density at radius 2 is 2.20 bits per heavy atom. The number of nitrogens with one attached hydrogen (secondary N) is 1. The summed E-state index contributed by atoms with van der Waals surface area (Å²) in [6, 6.07) is 5.58. The molecule has 1 saturated heterocycles. The van der Waals surface area contributed by atoms with Gasteiger partial charge in [-0.25, -0.2) is 14.8 Å². The molecule has 8 heteroatoms. The molecule has 3 aromatic rings. The Labute approximate surface area is 149 Å². The van der Waals surface area contributed by atoms with Crippen LogP contribution in [0.5, 0.6) is 0 Å². The molecule has 25 heavy (non-hydrogen) atoms. The van der Waals surface area contributed by atoms with Crippen molar-refractivity contribution >= 4 is 33.4 Å². The minimum Gasteiger partial charge on any atom is -0.389 e. The molecule has 0 spiro atoms. The number of aromatic nitrogens is 3. The maximum Gasteiger partial charge on any atom is 0.315 e. The number of carbonyl (C=O) groups excluding carboxylic acids is 1. The van der Waals surface area contributed by atoms with Crippen LogP contribution in [-0.4, -0.2) is 32.4 Å². The normalized spacial score (nSPS) is 18.0. The second kappa shape index (κ2) is 6.03. The standard InChI is InChI=1S/C17H20N6OS/c1-9-14(18)25-16(20-9)15-21-11-6-4-5-10(13(11)22-15)12-7-2-3-8-23(12)17(19)24/h4-6,12H,2-3,7-8,18H2,1H3,(H2,19,24)(H,21,22). The average molecular weight is 356 g/mol. The summed E-state index contributed by atoms with van der Waals surface area (Å²) in [7, 11) is 0. The van der Waals surface area contributed by atoms with E-state index in [-0.39, 0.29) is 12.1 Å². The van der Waals surface area contributed by atoms with E-state index in [2.05, 4.69) is 9.97 Å². The van der Waals surface area contributed by atoms with Gasteiger partial charge in [0.25, 0.3) is 0 Å². The van der Waals surface area contributed by atoms with Crippen LogP contribution in [0, 0.1) is 6.92 Å². The summed E-state index contributed by atoms with van der Waals surface area (Å²) in [5.74, 6) is 0.702. The van der Waals surface area contributed by atoms with E-state index in [9.17, 15) is 4.79 Å². The van der Waals surface area contributed by atoms with Crippen molar-refractivity contribution in [1.82, 2.24) is 19.9 Å². The van der Waals surface area contributed by atoms with Crippen molar-refractivity contribution in [3.05, 3.63) is 29.5 Å². The summed E-state index contributed by atoms with van der Waals surface area (Å²) in [6.45, 7) is 2.58. The van der Waals surface area contributed by atoms with Crippen molar-refractivity contribution in [3.63, 3.8) is 0 Å². The van der Waals surface area contributed by atoms with Gasteiger partial charge in [0.1, 0.15) is 5.00 Å². The quantitative estimate of drug-likeness (QED) is 0.654. The predicted octanol–water partition coefficient (Wildman–Crippen LogP) is 3.18. The molecule has 130 valence electrons. The summed E-state index contributed by atoms with van der Waals surface area (Å²) in [4.78, 5) is 26.2. The Kier molecular flexibility index (Phi) is 3.84. The molecule has 1 aromatic carbocycles. The van der Waals surface area contributed by atoms with E-state index in [1.54, 1.807) is 4.90 Å². The van der Waals surface area contributed by atoms with Crippen LogP contribution in [0.15, 0.2) is 18.2 Å². The van der Waals surface area contributed by atoms with E-state index in [0.717, 1.165) is 46.6 Å². The Morgan fingerprint density at radius 3 is 2.92 bits per heavy atom. The highest BCUT2D eigenvalue weighted by Crippen LogP contribution is 2.36. The number of nitrogens with zero attached hydrogens (tertiary/aromatic N) is 3. The molecule has 1 fully saturated rings. The number of primary amides is 1. The van der Waals surface area contributed by atoms with E-state index in [1.165, 1.54) is 11.3 Å². The van der Waals surface area contributed by atoms with Gasteiger partial charge in [0.15, 0.2) is 10.8 Å². The van der Waals surface area contributed by atoms with Crippen LogP contribution in [0.25, 0.3) is 21.9 Å². The van der Waals surface area contributed by atoms with Crippen LogP contribution in [0.4, 0.5) is 9.80 Å². The fourth-order valence-electron chi connectivity index (χ4n) is 3.45. The highest BCUT2D eigenvalue weighted by atomic mass is 32.1. The number of hydrogen-bond acceptors (Lipinski definition) is 5. The topological polar surface area (TPSA) is 114 Å². The monoisotopic (exact) mass is 356 g/mol. The first kappa shape index (κ1) is 15.9. The molecular formula is C17H20N6OS. The van der Waals surface area contributed by atoms with Gasteiger partial charge >= 0.3 is 6.03 Å². The zero-order valence-electron chi connectivity index (χ0n) is 14.0. The zero-order chi connectivity index (χ0) is 17.6.